The molecule has 0 aliphatic carbocycles. The van der Waals surface area contributed by atoms with Gasteiger partial charge in [0.05, 0.1) is 32.3 Å². The van der Waals surface area contributed by atoms with Gasteiger partial charge in [0.15, 0.2) is 0 Å². The zero-order valence-electron chi connectivity index (χ0n) is 7.29. The van der Waals surface area contributed by atoms with Crippen molar-refractivity contribution >= 4 is 5.91 Å². The van der Waals surface area contributed by atoms with E-state index in [1.807, 2.05) is 0 Å². The van der Waals surface area contributed by atoms with E-state index < -0.39 is 6.04 Å². The maximum atomic E-state index is 11.0. The molecular formula is C8H14N2O3. The molecule has 4 N–H and O–H groups in total. The largest absolute Gasteiger partial charge is 0.394 e. The van der Waals surface area contributed by atoms with E-state index in [1.165, 1.54) is 0 Å². The van der Waals surface area contributed by atoms with Crippen molar-refractivity contribution in [1.29, 1.82) is 0 Å². The SMILES string of the molecule is C#CCNCC(=O)NC(CO)CO. The Hall–Kier alpha value is -1.09. The average molecular weight is 186 g/mol. The molecule has 0 aromatic rings. The molecule has 0 fully saturated rings. The van der Waals surface area contributed by atoms with Gasteiger partial charge in [-0.25, -0.2) is 0 Å². The Morgan fingerprint density at radius 3 is 2.54 bits per heavy atom. The van der Waals surface area contributed by atoms with Crippen LogP contribution in [0.2, 0.25) is 0 Å². The highest BCUT2D eigenvalue weighted by molar-refractivity contribution is 5.78. The van der Waals surface area contributed by atoms with E-state index in [0.29, 0.717) is 6.54 Å². The van der Waals surface area contributed by atoms with Crippen LogP contribution in [0.1, 0.15) is 0 Å². The Bertz CT molecular complexity index is 184. The predicted molar refractivity (Wildman–Crippen MR) is 47.8 cm³/mol. The highest BCUT2D eigenvalue weighted by Gasteiger charge is 2.08. The third kappa shape index (κ3) is 6.11. The van der Waals surface area contributed by atoms with Crippen molar-refractivity contribution in [3.05, 3.63) is 0 Å². The number of terminal acetylenes is 1. The summed E-state index contributed by atoms with van der Waals surface area (Å²) in [5.41, 5.74) is 0. The maximum absolute atomic E-state index is 11.0. The van der Waals surface area contributed by atoms with Crippen LogP contribution >= 0.6 is 0 Å². The van der Waals surface area contributed by atoms with Crippen LogP contribution in [-0.4, -0.2) is 48.5 Å². The summed E-state index contributed by atoms with van der Waals surface area (Å²) in [6.45, 7) is -0.161. The fourth-order valence-corrected chi connectivity index (χ4v) is 0.676. The van der Waals surface area contributed by atoms with Crippen molar-refractivity contribution < 1.29 is 15.0 Å². The molecule has 0 unspecified atom stereocenters. The number of carbonyl (C=O) groups is 1. The lowest BCUT2D eigenvalue weighted by molar-refractivity contribution is -0.121. The molecule has 74 valence electrons. The summed E-state index contributed by atoms with van der Waals surface area (Å²) >= 11 is 0. The molecular weight excluding hydrogens is 172 g/mol. The molecule has 0 aliphatic heterocycles. The van der Waals surface area contributed by atoms with E-state index in [0.717, 1.165) is 0 Å². The third-order valence-electron chi connectivity index (χ3n) is 1.32. The summed E-state index contributed by atoms with van der Waals surface area (Å²) in [4.78, 5) is 11.0. The lowest BCUT2D eigenvalue weighted by Crippen LogP contribution is -2.44. The molecule has 1 amide bonds. The molecule has 0 atom stereocenters. The number of aliphatic hydroxyl groups excluding tert-OH is 2. The second-order valence-corrected chi connectivity index (χ2v) is 2.44. The topological polar surface area (TPSA) is 81.6 Å². The summed E-state index contributed by atoms with van der Waals surface area (Å²) in [5.74, 6) is 2.01. The van der Waals surface area contributed by atoms with Crippen LogP contribution in [0.4, 0.5) is 0 Å². The molecule has 5 heteroatoms. The normalized spacial score (nSPS) is 9.69. The Balaban J connectivity index is 3.55. The number of hydrogen-bond donors (Lipinski definition) is 4. The van der Waals surface area contributed by atoms with Gasteiger partial charge in [0.25, 0.3) is 0 Å². The summed E-state index contributed by atoms with van der Waals surface area (Å²) in [7, 11) is 0. The molecule has 0 spiro atoms. The fourth-order valence-electron chi connectivity index (χ4n) is 0.676. The number of carbonyl (C=O) groups excluding carboxylic acids is 1. The summed E-state index contributed by atoms with van der Waals surface area (Å²) in [6.07, 6.45) is 4.94. The maximum Gasteiger partial charge on any atom is 0.234 e. The molecule has 0 saturated carbocycles. The molecule has 13 heavy (non-hydrogen) atoms. The summed E-state index contributed by atoms with van der Waals surface area (Å²) < 4.78 is 0. The third-order valence-corrected chi connectivity index (χ3v) is 1.32. The molecule has 0 heterocycles. The van der Waals surface area contributed by atoms with Crippen LogP contribution in [0.15, 0.2) is 0 Å². The monoisotopic (exact) mass is 186 g/mol. The van der Waals surface area contributed by atoms with Gasteiger partial charge in [-0.05, 0) is 0 Å². The molecule has 0 aromatic carbocycles. The van der Waals surface area contributed by atoms with Gasteiger partial charge in [-0.15, -0.1) is 6.42 Å². The fraction of sp³-hybridized carbons (Fsp3) is 0.625. The minimum Gasteiger partial charge on any atom is -0.394 e. The molecule has 0 rings (SSSR count). The number of amides is 1. The van der Waals surface area contributed by atoms with Crippen molar-refractivity contribution in [3.8, 4) is 12.3 Å². The number of aliphatic hydroxyl groups is 2. The molecule has 0 radical (unpaired) electrons. The number of nitrogens with one attached hydrogen (secondary N) is 2. The predicted octanol–water partition coefficient (Wildman–Crippen LogP) is -2.32. The van der Waals surface area contributed by atoms with Gasteiger partial charge in [-0.3, -0.25) is 10.1 Å². The number of hydrogen-bond acceptors (Lipinski definition) is 4. The van der Waals surface area contributed by atoms with E-state index in [1.54, 1.807) is 0 Å². The van der Waals surface area contributed by atoms with Crippen LogP contribution < -0.4 is 10.6 Å². The minimum atomic E-state index is -0.597. The van der Waals surface area contributed by atoms with E-state index in [2.05, 4.69) is 16.6 Å². The van der Waals surface area contributed by atoms with Crippen molar-refractivity contribution in [2.24, 2.45) is 0 Å². The molecule has 0 aromatic heterocycles. The van der Waals surface area contributed by atoms with E-state index in [4.69, 9.17) is 16.6 Å². The standard InChI is InChI=1S/C8H14N2O3/c1-2-3-9-4-8(13)10-7(5-11)6-12/h1,7,9,11-12H,3-6H2,(H,10,13). The smallest absolute Gasteiger partial charge is 0.234 e. The van der Waals surface area contributed by atoms with Gasteiger partial charge in [0.1, 0.15) is 0 Å². The second kappa shape index (κ2) is 7.55. The van der Waals surface area contributed by atoms with E-state index in [9.17, 15) is 4.79 Å². The van der Waals surface area contributed by atoms with Crippen molar-refractivity contribution in [1.82, 2.24) is 10.6 Å². The Labute approximate surface area is 77.1 Å². The van der Waals surface area contributed by atoms with Gasteiger partial charge >= 0.3 is 0 Å². The first kappa shape index (κ1) is 11.9. The zero-order valence-corrected chi connectivity index (χ0v) is 7.29. The van der Waals surface area contributed by atoms with Gasteiger partial charge in [-0.1, -0.05) is 5.92 Å². The quantitative estimate of drug-likeness (QED) is 0.277. The highest BCUT2D eigenvalue weighted by Crippen LogP contribution is 1.78. The molecule has 0 saturated heterocycles. The molecule has 5 nitrogen and oxygen atoms in total. The van der Waals surface area contributed by atoms with Crippen LogP contribution in [0.5, 0.6) is 0 Å². The summed E-state index contributed by atoms with van der Waals surface area (Å²) in [6, 6.07) is -0.597. The first-order chi connectivity index (χ1) is 6.24. The Morgan fingerprint density at radius 2 is 2.08 bits per heavy atom. The second-order valence-electron chi connectivity index (χ2n) is 2.44. The minimum absolute atomic E-state index is 0.0840. The lowest BCUT2D eigenvalue weighted by Gasteiger charge is -2.12. The first-order valence-electron chi connectivity index (χ1n) is 3.89. The van der Waals surface area contributed by atoms with E-state index in [-0.39, 0.29) is 25.7 Å². The first-order valence-corrected chi connectivity index (χ1v) is 3.89. The van der Waals surface area contributed by atoms with Crippen LogP contribution in [0.25, 0.3) is 0 Å². The van der Waals surface area contributed by atoms with Crippen molar-refractivity contribution in [2.75, 3.05) is 26.3 Å². The van der Waals surface area contributed by atoms with Gasteiger partial charge in [0, 0.05) is 0 Å². The average Bonchev–Trinajstić information content (AvgIpc) is 2.14. The lowest BCUT2D eigenvalue weighted by atomic mass is 10.3. The Morgan fingerprint density at radius 1 is 1.46 bits per heavy atom. The van der Waals surface area contributed by atoms with Gasteiger partial charge in [0.2, 0.25) is 5.91 Å². The highest BCUT2D eigenvalue weighted by atomic mass is 16.3. The van der Waals surface area contributed by atoms with Crippen LogP contribution in [-0.2, 0) is 4.79 Å². The molecule has 0 aliphatic rings. The molecule has 0 bridgehead atoms. The van der Waals surface area contributed by atoms with Gasteiger partial charge < -0.3 is 15.5 Å². The van der Waals surface area contributed by atoms with Crippen LogP contribution in [0, 0.1) is 12.3 Å². The Kier molecular flexibility index (Phi) is 6.92. The van der Waals surface area contributed by atoms with Crippen LogP contribution in [0.3, 0.4) is 0 Å². The van der Waals surface area contributed by atoms with Crippen molar-refractivity contribution in [3.63, 3.8) is 0 Å². The van der Waals surface area contributed by atoms with Gasteiger partial charge in [-0.2, -0.15) is 0 Å². The summed E-state index contributed by atoms with van der Waals surface area (Å²) in [5, 5.41) is 22.3. The van der Waals surface area contributed by atoms with E-state index >= 15 is 0 Å². The number of rotatable bonds is 6. The van der Waals surface area contributed by atoms with Crippen molar-refractivity contribution in [2.45, 2.75) is 6.04 Å². The zero-order chi connectivity index (χ0) is 10.1.